The molecule has 2 heterocycles. The van der Waals surface area contributed by atoms with Gasteiger partial charge in [-0.05, 0) is 17.9 Å². The van der Waals surface area contributed by atoms with Gasteiger partial charge in [-0.3, -0.25) is 0 Å². The van der Waals surface area contributed by atoms with Gasteiger partial charge in [0.05, 0.1) is 10.7 Å². The second-order valence-corrected chi connectivity index (χ2v) is 5.23. The quantitative estimate of drug-likeness (QED) is 0.888. The molecule has 1 unspecified atom stereocenters. The standard InChI is InChI=1S/C11H14N2S2/c1-2-9(12)5-11-13-10(7-15-11)8-3-4-14-6-8/h3-4,6-7,9H,2,5,12H2,1H3. The molecule has 0 fully saturated rings. The lowest BCUT2D eigenvalue weighted by Gasteiger charge is -2.04. The van der Waals surface area contributed by atoms with Crippen molar-refractivity contribution >= 4 is 22.7 Å². The topological polar surface area (TPSA) is 38.9 Å². The lowest BCUT2D eigenvalue weighted by molar-refractivity contribution is 0.644. The molecule has 4 heteroatoms. The number of nitrogens with two attached hydrogens (primary N) is 1. The summed E-state index contributed by atoms with van der Waals surface area (Å²) in [5, 5.41) is 7.45. The van der Waals surface area contributed by atoms with Crippen LogP contribution in [0.25, 0.3) is 11.3 Å². The lowest BCUT2D eigenvalue weighted by atomic mass is 10.2. The number of rotatable bonds is 4. The van der Waals surface area contributed by atoms with Crippen LogP contribution < -0.4 is 5.73 Å². The number of thiophene rings is 1. The Labute approximate surface area is 97.8 Å². The molecule has 0 aliphatic heterocycles. The molecule has 2 N–H and O–H groups in total. The van der Waals surface area contributed by atoms with Crippen molar-refractivity contribution in [2.75, 3.05) is 0 Å². The Morgan fingerprint density at radius 3 is 3.00 bits per heavy atom. The zero-order valence-corrected chi connectivity index (χ0v) is 10.3. The van der Waals surface area contributed by atoms with E-state index in [9.17, 15) is 0 Å². The molecule has 2 nitrogen and oxygen atoms in total. The first kappa shape index (κ1) is 10.8. The third-order valence-corrected chi connectivity index (χ3v) is 3.88. The molecule has 1 atom stereocenters. The molecule has 2 rings (SSSR count). The van der Waals surface area contributed by atoms with Gasteiger partial charge in [-0.1, -0.05) is 6.92 Å². The Kier molecular flexibility index (Phi) is 3.51. The van der Waals surface area contributed by atoms with Crippen molar-refractivity contribution in [2.45, 2.75) is 25.8 Å². The molecule has 0 saturated heterocycles. The summed E-state index contributed by atoms with van der Waals surface area (Å²) in [5.41, 5.74) is 8.20. The Morgan fingerprint density at radius 2 is 2.33 bits per heavy atom. The van der Waals surface area contributed by atoms with Crippen LogP contribution in [0.5, 0.6) is 0 Å². The zero-order valence-electron chi connectivity index (χ0n) is 8.64. The SMILES string of the molecule is CCC(N)Cc1nc(-c2ccsc2)cs1. The van der Waals surface area contributed by atoms with E-state index in [4.69, 9.17) is 5.73 Å². The van der Waals surface area contributed by atoms with E-state index >= 15 is 0 Å². The highest BCUT2D eigenvalue weighted by atomic mass is 32.1. The summed E-state index contributed by atoms with van der Waals surface area (Å²) in [5.74, 6) is 0. The van der Waals surface area contributed by atoms with Crippen molar-refractivity contribution in [3.63, 3.8) is 0 Å². The molecule has 0 aliphatic carbocycles. The number of hydrogen-bond donors (Lipinski definition) is 1. The third-order valence-electron chi connectivity index (χ3n) is 2.33. The van der Waals surface area contributed by atoms with E-state index in [1.54, 1.807) is 22.7 Å². The van der Waals surface area contributed by atoms with Crippen LogP contribution in [0.3, 0.4) is 0 Å². The van der Waals surface area contributed by atoms with Crippen LogP contribution in [0, 0.1) is 0 Å². The number of aromatic nitrogens is 1. The molecule has 0 aromatic carbocycles. The smallest absolute Gasteiger partial charge is 0.0948 e. The van der Waals surface area contributed by atoms with Crippen LogP contribution in [-0.2, 0) is 6.42 Å². The minimum absolute atomic E-state index is 0.242. The largest absolute Gasteiger partial charge is 0.327 e. The van der Waals surface area contributed by atoms with E-state index < -0.39 is 0 Å². The van der Waals surface area contributed by atoms with Crippen LogP contribution >= 0.6 is 22.7 Å². The summed E-state index contributed by atoms with van der Waals surface area (Å²) >= 11 is 3.41. The van der Waals surface area contributed by atoms with Gasteiger partial charge in [0.2, 0.25) is 0 Å². The molecule has 0 radical (unpaired) electrons. The molecule has 2 aromatic heterocycles. The lowest BCUT2D eigenvalue weighted by Crippen LogP contribution is -2.21. The highest BCUT2D eigenvalue weighted by Gasteiger charge is 2.07. The zero-order chi connectivity index (χ0) is 10.7. The van der Waals surface area contributed by atoms with Crippen LogP contribution in [0.2, 0.25) is 0 Å². The van der Waals surface area contributed by atoms with Gasteiger partial charge in [-0.15, -0.1) is 11.3 Å². The molecular formula is C11H14N2S2. The fraction of sp³-hybridized carbons (Fsp3) is 0.364. The van der Waals surface area contributed by atoms with Crippen LogP contribution in [0.4, 0.5) is 0 Å². The minimum atomic E-state index is 0.242. The summed E-state index contributed by atoms with van der Waals surface area (Å²) in [6, 6.07) is 2.34. The fourth-order valence-corrected chi connectivity index (χ4v) is 2.86. The predicted octanol–water partition coefficient (Wildman–Crippen LogP) is 3.15. The van der Waals surface area contributed by atoms with E-state index in [1.165, 1.54) is 5.56 Å². The molecule has 0 bridgehead atoms. The summed E-state index contributed by atoms with van der Waals surface area (Å²) < 4.78 is 0. The summed E-state index contributed by atoms with van der Waals surface area (Å²) in [4.78, 5) is 4.59. The highest BCUT2D eigenvalue weighted by Crippen LogP contribution is 2.24. The Morgan fingerprint density at radius 1 is 1.47 bits per heavy atom. The number of hydrogen-bond acceptors (Lipinski definition) is 4. The molecule has 2 aromatic rings. The van der Waals surface area contributed by atoms with Crippen molar-refractivity contribution in [2.24, 2.45) is 5.73 Å². The van der Waals surface area contributed by atoms with Gasteiger partial charge in [0.25, 0.3) is 0 Å². The number of nitrogens with zero attached hydrogens (tertiary/aromatic N) is 1. The van der Waals surface area contributed by atoms with Gasteiger partial charge in [-0.2, -0.15) is 11.3 Å². The summed E-state index contributed by atoms with van der Waals surface area (Å²) in [7, 11) is 0. The Hall–Kier alpha value is -0.710. The van der Waals surface area contributed by atoms with Crippen molar-refractivity contribution < 1.29 is 0 Å². The maximum Gasteiger partial charge on any atom is 0.0948 e. The first-order valence-electron chi connectivity index (χ1n) is 5.02. The van der Waals surface area contributed by atoms with Crippen LogP contribution in [0.1, 0.15) is 18.4 Å². The van der Waals surface area contributed by atoms with E-state index in [1.807, 2.05) is 0 Å². The fourth-order valence-electron chi connectivity index (χ4n) is 1.32. The van der Waals surface area contributed by atoms with Crippen LogP contribution in [-0.4, -0.2) is 11.0 Å². The number of thiazole rings is 1. The minimum Gasteiger partial charge on any atom is -0.327 e. The van der Waals surface area contributed by atoms with Crippen molar-refractivity contribution in [1.82, 2.24) is 4.98 Å². The van der Waals surface area contributed by atoms with E-state index in [2.05, 4.69) is 34.1 Å². The van der Waals surface area contributed by atoms with E-state index in [-0.39, 0.29) is 6.04 Å². The average Bonchev–Trinajstić information content (AvgIpc) is 2.85. The first-order chi connectivity index (χ1) is 7.29. The molecule has 15 heavy (non-hydrogen) atoms. The van der Waals surface area contributed by atoms with Crippen molar-refractivity contribution in [3.05, 3.63) is 27.2 Å². The van der Waals surface area contributed by atoms with Gasteiger partial charge in [0.15, 0.2) is 0 Å². The van der Waals surface area contributed by atoms with Crippen molar-refractivity contribution in [1.29, 1.82) is 0 Å². The second kappa shape index (κ2) is 4.88. The van der Waals surface area contributed by atoms with Gasteiger partial charge in [0.1, 0.15) is 0 Å². The van der Waals surface area contributed by atoms with Crippen molar-refractivity contribution in [3.8, 4) is 11.3 Å². The maximum atomic E-state index is 5.90. The summed E-state index contributed by atoms with van der Waals surface area (Å²) in [6.07, 6.45) is 1.90. The normalized spacial score (nSPS) is 12.9. The average molecular weight is 238 g/mol. The molecule has 0 spiro atoms. The van der Waals surface area contributed by atoms with Gasteiger partial charge in [-0.25, -0.2) is 4.98 Å². The molecule has 80 valence electrons. The van der Waals surface area contributed by atoms with Gasteiger partial charge in [0, 0.05) is 28.8 Å². The Bertz CT molecular complexity index is 406. The molecule has 0 aliphatic rings. The Balaban J connectivity index is 2.11. The first-order valence-corrected chi connectivity index (χ1v) is 6.84. The second-order valence-electron chi connectivity index (χ2n) is 3.51. The monoisotopic (exact) mass is 238 g/mol. The predicted molar refractivity (Wildman–Crippen MR) is 67.4 cm³/mol. The van der Waals surface area contributed by atoms with Gasteiger partial charge < -0.3 is 5.73 Å². The van der Waals surface area contributed by atoms with Gasteiger partial charge >= 0.3 is 0 Å². The highest BCUT2D eigenvalue weighted by molar-refractivity contribution is 7.10. The van der Waals surface area contributed by atoms with E-state index in [0.717, 1.165) is 23.5 Å². The van der Waals surface area contributed by atoms with E-state index in [0.29, 0.717) is 0 Å². The molecular weight excluding hydrogens is 224 g/mol. The maximum absolute atomic E-state index is 5.90. The third kappa shape index (κ3) is 2.65. The molecule has 0 amide bonds. The molecule has 0 saturated carbocycles. The van der Waals surface area contributed by atoms with Crippen LogP contribution in [0.15, 0.2) is 22.2 Å². The summed E-state index contributed by atoms with van der Waals surface area (Å²) in [6.45, 7) is 2.11.